The van der Waals surface area contributed by atoms with Crippen LogP contribution in [-0.2, 0) is 9.53 Å². The van der Waals surface area contributed by atoms with Gasteiger partial charge in [0.2, 0.25) is 0 Å². The fourth-order valence-corrected chi connectivity index (χ4v) is 0.825. The lowest BCUT2D eigenvalue weighted by Gasteiger charge is -2.24. The van der Waals surface area contributed by atoms with Crippen LogP contribution in [0.25, 0.3) is 0 Å². The van der Waals surface area contributed by atoms with E-state index in [-0.39, 0.29) is 6.61 Å². The number of methoxy groups -OCH3 is 1. The van der Waals surface area contributed by atoms with Crippen molar-refractivity contribution in [2.75, 3.05) is 26.8 Å². The van der Waals surface area contributed by atoms with E-state index in [9.17, 15) is 4.79 Å². The molecule has 0 fully saturated rings. The number of carboxylic acids is 1. The molecule has 4 N–H and O–H groups in total. The Morgan fingerprint density at radius 3 is 2.67 bits per heavy atom. The summed E-state index contributed by atoms with van der Waals surface area (Å²) >= 11 is 0. The number of ether oxygens (including phenoxy) is 1. The minimum atomic E-state index is -1.03. The highest BCUT2D eigenvalue weighted by atomic mass is 16.5. The van der Waals surface area contributed by atoms with Gasteiger partial charge in [0.15, 0.2) is 0 Å². The van der Waals surface area contributed by atoms with Crippen LogP contribution in [0.2, 0.25) is 0 Å². The van der Waals surface area contributed by atoms with E-state index < -0.39 is 11.5 Å². The third-order valence-electron chi connectivity index (χ3n) is 1.56. The maximum absolute atomic E-state index is 10.7. The maximum atomic E-state index is 10.7. The van der Waals surface area contributed by atoms with E-state index in [0.717, 1.165) is 0 Å². The second-order valence-corrected chi connectivity index (χ2v) is 2.79. The van der Waals surface area contributed by atoms with E-state index in [4.69, 9.17) is 15.6 Å². The Morgan fingerprint density at radius 2 is 2.33 bits per heavy atom. The van der Waals surface area contributed by atoms with Crippen LogP contribution in [0.5, 0.6) is 0 Å². The Hall–Kier alpha value is -0.650. The lowest BCUT2D eigenvalue weighted by molar-refractivity contribution is -0.146. The number of carbonyl (C=O) groups is 1. The zero-order chi connectivity index (χ0) is 9.61. The smallest absolute Gasteiger partial charge is 0.326 e. The summed E-state index contributed by atoms with van der Waals surface area (Å²) in [6.45, 7) is 2.57. The normalized spacial score (nSPS) is 15.6. The van der Waals surface area contributed by atoms with Crippen LogP contribution in [0.4, 0.5) is 0 Å². The van der Waals surface area contributed by atoms with E-state index in [2.05, 4.69) is 5.32 Å². The first kappa shape index (κ1) is 11.4. The van der Waals surface area contributed by atoms with Gasteiger partial charge in [0.05, 0.1) is 6.61 Å². The van der Waals surface area contributed by atoms with Gasteiger partial charge < -0.3 is 15.6 Å². The number of hydrogen-bond donors (Lipinski definition) is 3. The standard InChI is InChI=1S/C7H16N2O3/c1-7(5-12-2,6(10)11)9-4-3-8/h9H,3-5,8H2,1-2H3,(H,10,11). The summed E-state index contributed by atoms with van der Waals surface area (Å²) in [5, 5.41) is 11.6. The Kier molecular flexibility index (Phi) is 4.80. The minimum absolute atomic E-state index is 0.127. The van der Waals surface area contributed by atoms with Gasteiger partial charge in [-0.25, -0.2) is 0 Å². The molecule has 0 aliphatic heterocycles. The quantitative estimate of drug-likeness (QED) is 0.484. The molecule has 5 heteroatoms. The lowest BCUT2D eigenvalue weighted by atomic mass is 10.0. The van der Waals surface area contributed by atoms with E-state index in [1.807, 2.05) is 0 Å². The molecule has 1 atom stereocenters. The van der Waals surface area contributed by atoms with Gasteiger partial charge in [-0.1, -0.05) is 0 Å². The molecule has 0 rings (SSSR count). The molecular formula is C7H16N2O3. The average Bonchev–Trinajstić information content (AvgIpc) is 2.01. The van der Waals surface area contributed by atoms with E-state index >= 15 is 0 Å². The Bertz CT molecular complexity index is 152. The minimum Gasteiger partial charge on any atom is -0.480 e. The highest BCUT2D eigenvalue weighted by molar-refractivity contribution is 5.78. The molecular weight excluding hydrogens is 160 g/mol. The van der Waals surface area contributed by atoms with Crippen molar-refractivity contribution < 1.29 is 14.6 Å². The van der Waals surface area contributed by atoms with Crippen LogP contribution in [0.3, 0.4) is 0 Å². The molecule has 0 saturated carbocycles. The molecule has 0 amide bonds. The third kappa shape index (κ3) is 3.17. The maximum Gasteiger partial charge on any atom is 0.326 e. The first-order valence-corrected chi connectivity index (χ1v) is 3.74. The van der Waals surface area contributed by atoms with Crippen molar-refractivity contribution in [3.63, 3.8) is 0 Å². The topological polar surface area (TPSA) is 84.6 Å². The van der Waals surface area contributed by atoms with Crippen molar-refractivity contribution in [2.45, 2.75) is 12.5 Å². The van der Waals surface area contributed by atoms with Crippen LogP contribution in [-0.4, -0.2) is 43.4 Å². The number of rotatable bonds is 6. The molecule has 5 nitrogen and oxygen atoms in total. The van der Waals surface area contributed by atoms with Crippen molar-refractivity contribution in [2.24, 2.45) is 5.73 Å². The van der Waals surface area contributed by atoms with Gasteiger partial charge in [-0.05, 0) is 6.92 Å². The highest BCUT2D eigenvalue weighted by Crippen LogP contribution is 2.03. The third-order valence-corrected chi connectivity index (χ3v) is 1.56. The fourth-order valence-electron chi connectivity index (χ4n) is 0.825. The molecule has 0 aromatic heterocycles. The molecule has 72 valence electrons. The Morgan fingerprint density at radius 1 is 1.75 bits per heavy atom. The SMILES string of the molecule is COCC(C)(NCCN)C(=O)O. The van der Waals surface area contributed by atoms with Gasteiger partial charge >= 0.3 is 5.97 Å². The monoisotopic (exact) mass is 176 g/mol. The number of hydrogen-bond acceptors (Lipinski definition) is 4. The molecule has 0 aliphatic rings. The highest BCUT2D eigenvalue weighted by Gasteiger charge is 2.31. The summed E-state index contributed by atoms with van der Waals surface area (Å²) in [5.41, 5.74) is 4.20. The van der Waals surface area contributed by atoms with Crippen LogP contribution >= 0.6 is 0 Å². The molecule has 0 bridgehead atoms. The summed E-state index contributed by atoms with van der Waals surface area (Å²) in [6.07, 6.45) is 0. The zero-order valence-electron chi connectivity index (χ0n) is 7.46. The number of nitrogens with one attached hydrogen (secondary N) is 1. The molecule has 0 radical (unpaired) electrons. The van der Waals surface area contributed by atoms with Gasteiger partial charge in [-0.2, -0.15) is 0 Å². The fraction of sp³-hybridized carbons (Fsp3) is 0.857. The van der Waals surface area contributed by atoms with Gasteiger partial charge in [0.25, 0.3) is 0 Å². The first-order valence-electron chi connectivity index (χ1n) is 3.74. The Balaban J connectivity index is 4.08. The second kappa shape index (κ2) is 5.08. The van der Waals surface area contributed by atoms with Crippen LogP contribution in [0.15, 0.2) is 0 Å². The summed E-state index contributed by atoms with van der Waals surface area (Å²) in [6, 6.07) is 0. The molecule has 0 aromatic carbocycles. The van der Waals surface area contributed by atoms with Crippen LogP contribution in [0.1, 0.15) is 6.92 Å². The van der Waals surface area contributed by atoms with Crippen molar-refractivity contribution >= 4 is 5.97 Å². The summed E-state index contributed by atoms with van der Waals surface area (Å²) in [7, 11) is 1.46. The van der Waals surface area contributed by atoms with Crippen LogP contribution < -0.4 is 11.1 Å². The van der Waals surface area contributed by atoms with Gasteiger partial charge in [0, 0.05) is 20.2 Å². The van der Waals surface area contributed by atoms with Crippen molar-refractivity contribution in [1.82, 2.24) is 5.32 Å². The van der Waals surface area contributed by atoms with E-state index in [0.29, 0.717) is 13.1 Å². The molecule has 12 heavy (non-hydrogen) atoms. The summed E-state index contributed by atoms with van der Waals surface area (Å²) in [5.74, 6) is -0.933. The average molecular weight is 176 g/mol. The van der Waals surface area contributed by atoms with Gasteiger partial charge in [0.1, 0.15) is 5.54 Å². The molecule has 0 saturated heterocycles. The van der Waals surface area contributed by atoms with Gasteiger partial charge in [-0.3, -0.25) is 10.1 Å². The molecule has 0 heterocycles. The van der Waals surface area contributed by atoms with Crippen molar-refractivity contribution in [1.29, 1.82) is 0 Å². The first-order chi connectivity index (χ1) is 5.56. The lowest BCUT2D eigenvalue weighted by Crippen LogP contribution is -2.54. The predicted octanol–water partition coefficient (Wildman–Crippen LogP) is -0.976. The van der Waals surface area contributed by atoms with Crippen LogP contribution in [0, 0.1) is 0 Å². The summed E-state index contributed by atoms with van der Waals surface area (Å²) in [4.78, 5) is 10.7. The van der Waals surface area contributed by atoms with E-state index in [1.54, 1.807) is 6.92 Å². The molecule has 1 unspecified atom stereocenters. The molecule has 0 aliphatic carbocycles. The largest absolute Gasteiger partial charge is 0.480 e. The zero-order valence-corrected chi connectivity index (χ0v) is 7.46. The van der Waals surface area contributed by atoms with Gasteiger partial charge in [-0.15, -0.1) is 0 Å². The number of carboxylic acid groups (broad SMARTS) is 1. The second-order valence-electron chi connectivity index (χ2n) is 2.79. The molecule has 0 spiro atoms. The molecule has 0 aromatic rings. The van der Waals surface area contributed by atoms with E-state index in [1.165, 1.54) is 7.11 Å². The summed E-state index contributed by atoms with van der Waals surface area (Å²) < 4.78 is 4.78. The Labute approximate surface area is 71.9 Å². The number of aliphatic carboxylic acids is 1. The predicted molar refractivity (Wildman–Crippen MR) is 45.0 cm³/mol. The van der Waals surface area contributed by atoms with Crippen molar-refractivity contribution in [3.8, 4) is 0 Å². The van der Waals surface area contributed by atoms with Crippen molar-refractivity contribution in [3.05, 3.63) is 0 Å². The number of nitrogens with two attached hydrogens (primary N) is 1.